The van der Waals surface area contributed by atoms with Gasteiger partial charge in [0.05, 0.1) is 18.8 Å². The number of ether oxygens (including phenoxy) is 1. The van der Waals surface area contributed by atoms with Gasteiger partial charge in [-0.05, 0) is 32.0 Å². The molecule has 1 aliphatic rings. The van der Waals surface area contributed by atoms with Gasteiger partial charge in [-0.25, -0.2) is 0 Å². The van der Waals surface area contributed by atoms with Crippen LogP contribution in [0.4, 0.5) is 0 Å². The maximum Gasteiger partial charge on any atom is 0.270 e. The van der Waals surface area contributed by atoms with Crippen molar-refractivity contribution in [2.24, 2.45) is 0 Å². The third-order valence-corrected chi connectivity index (χ3v) is 4.18. The number of hydrogen-bond donors (Lipinski definition) is 1. The molecule has 0 aliphatic carbocycles. The van der Waals surface area contributed by atoms with Crippen molar-refractivity contribution in [1.29, 1.82) is 0 Å². The summed E-state index contributed by atoms with van der Waals surface area (Å²) in [4.78, 5) is 17.7. The molecule has 1 saturated heterocycles. The summed E-state index contributed by atoms with van der Waals surface area (Å²) in [7, 11) is 0. The lowest BCUT2D eigenvalue weighted by Crippen LogP contribution is -2.50. The molecule has 4 nitrogen and oxygen atoms in total. The van der Waals surface area contributed by atoms with Crippen molar-refractivity contribution < 1.29 is 9.53 Å². The van der Waals surface area contributed by atoms with E-state index in [0.717, 1.165) is 15.4 Å². The number of fused-ring (bicyclic) bond motifs is 1. The van der Waals surface area contributed by atoms with Crippen molar-refractivity contribution in [3.8, 4) is 0 Å². The van der Waals surface area contributed by atoms with Crippen LogP contribution in [0.3, 0.4) is 0 Å². The quantitative estimate of drug-likeness (QED) is 0.869. The second-order valence-corrected chi connectivity index (χ2v) is 6.28. The summed E-state index contributed by atoms with van der Waals surface area (Å²) in [6, 6.07) is 7.98. The average Bonchev–Trinajstić information content (AvgIpc) is 2.83. The van der Waals surface area contributed by atoms with Crippen LogP contribution in [0.15, 0.2) is 28.7 Å². The Labute approximate surface area is 126 Å². The number of amides is 1. The molecule has 0 radical (unpaired) electrons. The van der Waals surface area contributed by atoms with Crippen molar-refractivity contribution in [3.63, 3.8) is 0 Å². The minimum atomic E-state index is 0.0416. The fraction of sp³-hybridized carbons (Fsp3) is 0.400. The van der Waals surface area contributed by atoms with E-state index in [-0.39, 0.29) is 18.1 Å². The van der Waals surface area contributed by atoms with Crippen molar-refractivity contribution in [3.05, 3.63) is 34.4 Å². The van der Waals surface area contributed by atoms with Crippen LogP contribution in [-0.4, -0.2) is 41.1 Å². The molecule has 1 aromatic carbocycles. The molecule has 2 unspecified atom stereocenters. The van der Waals surface area contributed by atoms with Crippen molar-refractivity contribution >= 4 is 32.7 Å². The Morgan fingerprint density at radius 2 is 2.20 bits per heavy atom. The van der Waals surface area contributed by atoms with Gasteiger partial charge < -0.3 is 14.6 Å². The molecule has 3 rings (SSSR count). The Hall–Kier alpha value is -1.33. The molecule has 2 aromatic rings. The van der Waals surface area contributed by atoms with E-state index in [1.165, 1.54) is 0 Å². The van der Waals surface area contributed by atoms with Gasteiger partial charge in [0.15, 0.2) is 0 Å². The predicted octanol–water partition coefficient (Wildman–Crippen LogP) is 3.18. The maximum atomic E-state index is 12.6. The standard InChI is InChI=1S/C15H17BrN2O2/c1-9-8-20-10(2)7-18(9)15(19)14-5-11-3-4-12(16)6-13(11)17-14/h3-6,9-10,17H,7-8H2,1-2H3. The molecule has 0 bridgehead atoms. The zero-order chi connectivity index (χ0) is 14.3. The van der Waals surface area contributed by atoms with Crippen LogP contribution >= 0.6 is 15.9 Å². The van der Waals surface area contributed by atoms with E-state index in [1.54, 1.807) is 0 Å². The van der Waals surface area contributed by atoms with Gasteiger partial charge in [-0.1, -0.05) is 22.0 Å². The highest BCUT2D eigenvalue weighted by molar-refractivity contribution is 9.10. The largest absolute Gasteiger partial charge is 0.375 e. The molecule has 2 heterocycles. The molecule has 20 heavy (non-hydrogen) atoms. The van der Waals surface area contributed by atoms with Gasteiger partial charge in [-0.2, -0.15) is 0 Å². The Morgan fingerprint density at radius 1 is 1.40 bits per heavy atom. The minimum absolute atomic E-state index is 0.0416. The normalized spacial score (nSPS) is 23.2. The third-order valence-electron chi connectivity index (χ3n) is 3.68. The van der Waals surface area contributed by atoms with E-state index in [2.05, 4.69) is 20.9 Å². The number of nitrogens with one attached hydrogen (secondary N) is 1. The lowest BCUT2D eigenvalue weighted by molar-refractivity contribution is -0.0388. The van der Waals surface area contributed by atoms with Gasteiger partial charge in [0.25, 0.3) is 5.91 Å². The van der Waals surface area contributed by atoms with Gasteiger partial charge in [0.1, 0.15) is 5.69 Å². The highest BCUT2D eigenvalue weighted by Crippen LogP contribution is 2.22. The first-order valence-electron chi connectivity index (χ1n) is 6.75. The van der Waals surface area contributed by atoms with E-state index in [9.17, 15) is 4.79 Å². The topological polar surface area (TPSA) is 45.3 Å². The van der Waals surface area contributed by atoms with Crippen LogP contribution in [-0.2, 0) is 4.74 Å². The van der Waals surface area contributed by atoms with Gasteiger partial charge in [0.2, 0.25) is 0 Å². The molecular formula is C15H17BrN2O2. The molecule has 1 aromatic heterocycles. The van der Waals surface area contributed by atoms with Crippen molar-refractivity contribution in [2.45, 2.75) is 26.0 Å². The van der Waals surface area contributed by atoms with Crippen molar-refractivity contribution in [1.82, 2.24) is 9.88 Å². The van der Waals surface area contributed by atoms with E-state index in [1.807, 2.05) is 43.0 Å². The highest BCUT2D eigenvalue weighted by Gasteiger charge is 2.28. The molecule has 0 spiro atoms. The predicted molar refractivity (Wildman–Crippen MR) is 81.9 cm³/mol. The number of carbonyl (C=O) groups is 1. The molecule has 5 heteroatoms. The molecule has 0 saturated carbocycles. The smallest absolute Gasteiger partial charge is 0.270 e. The van der Waals surface area contributed by atoms with E-state index < -0.39 is 0 Å². The Balaban J connectivity index is 1.91. The van der Waals surface area contributed by atoms with Gasteiger partial charge in [-0.15, -0.1) is 0 Å². The van der Waals surface area contributed by atoms with Crippen LogP contribution in [0.2, 0.25) is 0 Å². The number of hydrogen-bond acceptors (Lipinski definition) is 2. The first-order chi connectivity index (χ1) is 9.54. The number of benzene rings is 1. The van der Waals surface area contributed by atoms with E-state index in [0.29, 0.717) is 18.8 Å². The van der Waals surface area contributed by atoms with Gasteiger partial charge in [0, 0.05) is 21.9 Å². The molecule has 1 amide bonds. The van der Waals surface area contributed by atoms with Crippen LogP contribution in [0, 0.1) is 0 Å². The Bertz CT molecular complexity index is 652. The van der Waals surface area contributed by atoms with Gasteiger partial charge in [-0.3, -0.25) is 4.79 Å². The monoisotopic (exact) mass is 336 g/mol. The number of aromatic amines is 1. The molecule has 1 N–H and O–H groups in total. The van der Waals surface area contributed by atoms with Crippen LogP contribution in [0.25, 0.3) is 10.9 Å². The summed E-state index contributed by atoms with van der Waals surface area (Å²) in [5, 5.41) is 1.05. The molecule has 1 aliphatic heterocycles. The summed E-state index contributed by atoms with van der Waals surface area (Å²) in [6.07, 6.45) is 0.0914. The zero-order valence-electron chi connectivity index (χ0n) is 11.5. The van der Waals surface area contributed by atoms with Crippen LogP contribution in [0.1, 0.15) is 24.3 Å². The third kappa shape index (κ3) is 2.47. The molecular weight excluding hydrogens is 320 g/mol. The van der Waals surface area contributed by atoms with Crippen molar-refractivity contribution in [2.75, 3.05) is 13.2 Å². The van der Waals surface area contributed by atoms with Crippen LogP contribution in [0.5, 0.6) is 0 Å². The number of H-pyrrole nitrogens is 1. The second kappa shape index (κ2) is 5.22. The number of rotatable bonds is 1. The Morgan fingerprint density at radius 3 is 3.00 bits per heavy atom. The zero-order valence-corrected chi connectivity index (χ0v) is 13.1. The number of nitrogens with zero attached hydrogens (tertiary/aromatic N) is 1. The number of halogens is 1. The average molecular weight is 337 g/mol. The fourth-order valence-electron chi connectivity index (χ4n) is 2.56. The lowest BCUT2D eigenvalue weighted by Gasteiger charge is -2.36. The minimum Gasteiger partial charge on any atom is -0.375 e. The Kier molecular flexibility index (Phi) is 3.56. The molecule has 2 atom stereocenters. The number of carbonyl (C=O) groups excluding carboxylic acids is 1. The summed E-state index contributed by atoms with van der Waals surface area (Å²) in [6.45, 7) is 5.25. The maximum absolute atomic E-state index is 12.6. The van der Waals surface area contributed by atoms with Gasteiger partial charge >= 0.3 is 0 Å². The summed E-state index contributed by atoms with van der Waals surface area (Å²) in [5.74, 6) is 0.0416. The first kappa shape index (κ1) is 13.6. The summed E-state index contributed by atoms with van der Waals surface area (Å²) >= 11 is 3.44. The van der Waals surface area contributed by atoms with E-state index in [4.69, 9.17) is 4.74 Å². The first-order valence-corrected chi connectivity index (χ1v) is 7.55. The molecule has 106 valence electrons. The number of morpholine rings is 1. The fourth-order valence-corrected chi connectivity index (χ4v) is 2.92. The van der Waals surface area contributed by atoms with Crippen LogP contribution < -0.4 is 0 Å². The summed E-state index contributed by atoms with van der Waals surface area (Å²) in [5.41, 5.74) is 1.61. The van der Waals surface area contributed by atoms with E-state index >= 15 is 0 Å². The second-order valence-electron chi connectivity index (χ2n) is 5.37. The number of aromatic nitrogens is 1. The highest BCUT2D eigenvalue weighted by atomic mass is 79.9. The molecule has 1 fully saturated rings. The lowest BCUT2D eigenvalue weighted by atomic mass is 10.2. The summed E-state index contributed by atoms with van der Waals surface area (Å²) < 4.78 is 6.57. The SMILES string of the molecule is CC1CN(C(=O)c2cc3ccc(Br)cc3[nH]2)C(C)CO1.